The Bertz CT molecular complexity index is 728. The zero-order valence-electron chi connectivity index (χ0n) is 13.4. The molecule has 0 unspecified atom stereocenters. The number of carbonyl (C=O) groups is 2. The summed E-state index contributed by atoms with van der Waals surface area (Å²) < 4.78 is 5.10. The van der Waals surface area contributed by atoms with Crippen molar-refractivity contribution in [2.75, 3.05) is 18.2 Å². The van der Waals surface area contributed by atoms with E-state index in [0.717, 1.165) is 16.0 Å². The number of rotatable bonds is 5. The zero-order valence-corrected chi connectivity index (χ0v) is 14.2. The average molecular weight is 329 g/mol. The van der Waals surface area contributed by atoms with Crippen LogP contribution in [0.1, 0.15) is 21.5 Å². The van der Waals surface area contributed by atoms with Crippen LogP contribution in [0.4, 0.5) is 5.69 Å². The highest BCUT2D eigenvalue weighted by atomic mass is 32.2. The van der Waals surface area contributed by atoms with Crippen LogP contribution in [0.25, 0.3) is 0 Å². The Morgan fingerprint density at radius 3 is 2.61 bits per heavy atom. The molecular formula is C18H19NO3S. The van der Waals surface area contributed by atoms with E-state index in [1.165, 1.54) is 0 Å². The van der Waals surface area contributed by atoms with Crippen LogP contribution in [-0.4, -0.2) is 24.7 Å². The van der Waals surface area contributed by atoms with Crippen molar-refractivity contribution in [3.05, 3.63) is 59.2 Å². The number of hydrogen-bond acceptors (Lipinski definition) is 4. The van der Waals surface area contributed by atoms with Gasteiger partial charge in [-0.15, -0.1) is 11.8 Å². The van der Waals surface area contributed by atoms with Gasteiger partial charge in [-0.2, -0.15) is 0 Å². The van der Waals surface area contributed by atoms with Gasteiger partial charge in [0.05, 0.1) is 5.56 Å². The highest BCUT2D eigenvalue weighted by Gasteiger charge is 2.13. The van der Waals surface area contributed by atoms with E-state index in [2.05, 4.69) is 5.32 Å². The Morgan fingerprint density at radius 2 is 1.87 bits per heavy atom. The fourth-order valence-corrected chi connectivity index (χ4v) is 2.54. The summed E-state index contributed by atoms with van der Waals surface area (Å²) in [6.07, 6.45) is 1.97. The molecule has 0 atom stereocenters. The van der Waals surface area contributed by atoms with E-state index in [4.69, 9.17) is 4.74 Å². The molecule has 0 radical (unpaired) electrons. The van der Waals surface area contributed by atoms with E-state index < -0.39 is 5.97 Å². The lowest BCUT2D eigenvalue weighted by Gasteiger charge is -2.09. The average Bonchev–Trinajstić information content (AvgIpc) is 2.55. The molecule has 0 fully saturated rings. The van der Waals surface area contributed by atoms with Gasteiger partial charge in [0.15, 0.2) is 6.61 Å². The summed E-state index contributed by atoms with van der Waals surface area (Å²) in [4.78, 5) is 25.0. The number of amides is 1. The van der Waals surface area contributed by atoms with E-state index in [9.17, 15) is 9.59 Å². The number of nitrogens with one attached hydrogen (secondary N) is 1. The van der Waals surface area contributed by atoms with Gasteiger partial charge in [-0.1, -0.05) is 18.2 Å². The molecule has 2 aromatic carbocycles. The molecule has 0 aliphatic carbocycles. The van der Waals surface area contributed by atoms with Crippen molar-refractivity contribution >= 4 is 29.3 Å². The standard InChI is InChI=1S/C18H19NO3S/c1-12-6-4-9-16(13(12)2)18(21)22-11-17(20)19-14-7-5-8-15(10-14)23-3/h4-10H,11H2,1-3H3,(H,19,20). The number of aryl methyl sites for hydroxylation is 1. The normalized spacial score (nSPS) is 10.2. The number of anilines is 1. The molecule has 0 aliphatic heterocycles. The van der Waals surface area contributed by atoms with Crippen LogP contribution in [0.15, 0.2) is 47.4 Å². The molecule has 5 heteroatoms. The second-order valence-corrected chi connectivity index (χ2v) is 5.98. The Kier molecular flexibility index (Phi) is 5.82. The van der Waals surface area contributed by atoms with Crippen molar-refractivity contribution in [3.63, 3.8) is 0 Å². The Hall–Kier alpha value is -2.27. The maximum atomic E-state index is 12.1. The molecule has 0 aliphatic rings. The highest BCUT2D eigenvalue weighted by Crippen LogP contribution is 2.19. The molecule has 0 heterocycles. The predicted molar refractivity (Wildman–Crippen MR) is 93.1 cm³/mol. The Balaban J connectivity index is 1.93. The van der Waals surface area contributed by atoms with Gasteiger partial charge < -0.3 is 10.1 Å². The van der Waals surface area contributed by atoms with Crippen LogP contribution in [0.5, 0.6) is 0 Å². The SMILES string of the molecule is CSc1cccc(NC(=O)COC(=O)c2cccc(C)c2C)c1. The van der Waals surface area contributed by atoms with E-state index in [1.807, 2.05) is 44.4 Å². The van der Waals surface area contributed by atoms with Gasteiger partial charge in [0, 0.05) is 10.6 Å². The molecule has 23 heavy (non-hydrogen) atoms. The molecule has 4 nitrogen and oxygen atoms in total. The summed E-state index contributed by atoms with van der Waals surface area (Å²) in [5.41, 5.74) is 3.05. The topological polar surface area (TPSA) is 55.4 Å². The quantitative estimate of drug-likeness (QED) is 0.669. The van der Waals surface area contributed by atoms with Crippen LogP contribution in [0.2, 0.25) is 0 Å². The summed E-state index contributed by atoms with van der Waals surface area (Å²) in [5, 5.41) is 2.72. The third-order valence-corrected chi connectivity index (χ3v) is 4.24. The molecule has 0 bridgehead atoms. The Morgan fingerprint density at radius 1 is 1.13 bits per heavy atom. The monoisotopic (exact) mass is 329 g/mol. The lowest BCUT2D eigenvalue weighted by molar-refractivity contribution is -0.119. The lowest BCUT2D eigenvalue weighted by atomic mass is 10.0. The molecule has 1 N–H and O–H groups in total. The van der Waals surface area contributed by atoms with E-state index >= 15 is 0 Å². The van der Waals surface area contributed by atoms with Gasteiger partial charge in [0.25, 0.3) is 5.91 Å². The van der Waals surface area contributed by atoms with Crippen LogP contribution in [0.3, 0.4) is 0 Å². The maximum absolute atomic E-state index is 12.1. The van der Waals surface area contributed by atoms with Gasteiger partial charge in [0.1, 0.15) is 0 Å². The minimum absolute atomic E-state index is 0.310. The minimum atomic E-state index is -0.487. The van der Waals surface area contributed by atoms with E-state index in [-0.39, 0.29) is 12.5 Å². The lowest BCUT2D eigenvalue weighted by Crippen LogP contribution is -2.21. The first kappa shape index (κ1) is 17.1. The van der Waals surface area contributed by atoms with Gasteiger partial charge in [-0.05, 0) is 55.5 Å². The van der Waals surface area contributed by atoms with Crippen molar-refractivity contribution in [2.24, 2.45) is 0 Å². The third-order valence-electron chi connectivity index (χ3n) is 3.51. The highest BCUT2D eigenvalue weighted by molar-refractivity contribution is 7.98. The number of benzene rings is 2. The predicted octanol–water partition coefficient (Wildman–Crippen LogP) is 3.82. The number of ether oxygens (including phenoxy) is 1. The van der Waals surface area contributed by atoms with Crippen LogP contribution in [0, 0.1) is 13.8 Å². The first-order chi connectivity index (χ1) is 11.0. The number of carbonyl (C=O) groups excluding carboxylic acids is 2. The zero-order chi connectivity index (χ0) is 16.8. The second kappa shape index (κ2) is 7.83. The van der Waals surface area contributed by atoms with Crippen molar-refractivity contribution < 1.29 is 14.3 Å². The van der Waals surface area contributed by atoms with E-state index in [0.29, 0.717) is 11.3 Å². The number of esters is 1. The molecule has 0 spiro atoms. The molecule has 0 aromatic heterocycles. The van der Waals surface area contributed by atoms with Gasteiger partial charge in [-0.3, -0.25) is 4.79 Å². The second-order valence-electron chi connectivity index (χ2n) is 5.10. The van der Waals surface area contributed by atoms with Crippen molar-refractivity contribution in [2.45, 2.75) is 18.7 Å². The first-order valence-corrected chi connectivity index (χ1v) is 8.41. The molecule has 0 saturated heterocycles. The fourth-order valence-electron chi connectivity index (χ4n) is 2.08. The van der Waals surface area contributed by atoms with Gasteiger partial charge >= 0.3 is 5.97 Å². The van der Waals surface area contributed by atoms with Crippen LogP contribution in [-0.2, 0) is 9.53 Å². The molecule has 1 amide bonds. The van der Waals surface area contributed by atoms with Crippen molar-refractivity contribution in [1.82, 2.24) is 0 Å². The smallest absolute Gasteiger partial charge is 0.338 e. The van der Waals surface area contributed by atoms with Crippen molar-refractivity contribution in [3.8, 4) is 0 Å². The molecule has 2 aromatic rings. The fraction of sp³-hybridized carbons (Fsp3) is 0.222. The minimum Gasteiger partial charge on any atom is -0.452 e. The van der Waals surface area contributed by atoms with E-state index in [1.54, 1.807) is 30.0 Å². The first-order valence-electron chi connectivity index (χ1n) is 7.18. The molecule has 0 saturated carbocycles. The van der Waals surface area contributed by atoms with Crippen LogP contribution >= 0.6 is 11.8 Å². The molecule has 2 rings (SSSR count). The number of thioether (sulfide) groups is 1. The molecular weight excluding hydrogens is 310 g/mol. The summed E-state index contributed by atoms with van der Waals surface area (Å²) >= 11 is 1.59. The molecule has 120 valence electrons. The van der Waals surface area contributed by atoms with Gasteiger partial charge in [0.2, 0.25) is 0 Å². The summed E-state index contributed by atoms with van der Waals surface area (Å²) in [5.74, 6) is -0.846. The van der Waals surface area contributed by atoms with Gasteiger partial charge in [-0.25, -0.2) is 4.79 Å². The van der Waals surface area contributed by atoms with Crippen LogP contribution < -0.4 is 5.32 Å². The number of hydrogen-bond donors (Lipinski definition) is 1. The van der Waals surface area contributed by atoms with Crippen molar-refractivity contribution in [1.29, 1.82) is 0 Å². The summed E-state index contributed by atoms with van der Waals surface area (Å²) in [7, 11) is 0. The maximum Gasteiger partial charge on any atom is 0.338 e. The summed E-state index contributed by atoms with van der Waals surface area (Å²) in [6, 6.07) is 12.9. The largest absolute Gasteiger partial charge is 0.452 e. The third kappa shape index (κ3) is 4.60. The Labute approximate surface area is 140 Å². The summed E-state index contributed by atoms with van der Waals surface area (Å²) in [6.45, 7) is 3.48.